The van der Waals surface area contributed by atoms with Gasteiger partial charge in [0.2, 0.25) is 0 Å². The van der Waals surface area contributed by atoms with Gasteiger partial charge >= 0.3 is 0 Å². The van der Waals surface area contributed by atoms with Crippen molar-refractivity contribution in [1.29, 1.82) is 0 Å². The van der Waals surface area contributed by atoms with E-state index in [4.69, 9.17) is 0 Å². The van der Waals surface area contributed by atoms with Gasteiger partial charge in [0, 0.05) is 18.9 Å². The Labute approximate surface area is 97.7 Å². The predicted molar refractivity (Wildman–Crippen MR) is 66.5 cm³/mol. The van der Waals surface area contributed by atoms with E-state index in [0.29, 0.717) is 0 Å². The third-order valence-electron chi connectivity index (χ3n) is 3.45. The van der Waals surface area contributed by atoms with Crippen molar-refractivity contribution >= 4 is 5.82 Å². The number of aryl methyl sites for hydroxylation is 1. The van der Waals surface area contributed by atoms with Gasteiger partial charge in [-0.2, -0.15) is 0 Å². The molecule has 0 bridgehead atoms. The molecule has 1 fully saturated rings. The van der Waals surface area contributed by atoms with Crippen LogP contribution in [0.1, 0.15) is 44.2 Å². The van der Waals surface area contributed by atoms with Crippen LogP contribution in [0.3, 0.4) is 0 Å². The molecule has 2 rings (SSSR count). The van der Waals surface area contributed by atoms with Gasteiger partial charge in [-0.3, -0.25) is 4.98 Å². The number of aromatic nitrogens is 2. The monoisotopic (exact) mass is 219 g/mol. The highest BCUT2D eigenvalue weighted by Crippen LogP contribution is 2.26. The lowest BCUT2D eigenvalue weighted by molar-refractivity contribution is 0.345. The van der Waals surface area contributed by atoms with Crippen molar-refractivity contribution in [2.75, 3.05) is 11.9 Å². The lowest BCUT2D eigenvalue weighted by Crippen LogP contribution is -2.13. The van der Waals surface area contributed by atoms with E-state index in [0.717, 1.165) is 24.0 Å². The molecular weight excluding hydrogens is 198 g/mol. The zero-order valence-electron chi connectivity index (χ0n) is 10.1. The minimum absolute atomic E-state index is 0.929. The standard InChI is InChI=1S/C13H21N3/c1-11-13(16-10-9-14-11)15-8-7-12-5-3-2-4-6-12/h9-10,12H,2-8H2,1H3,(H,15,16). The summed E-state index contributed by atoms with van der Waals surface area (Å²) in [6, 6.07) is 0. The van der Waals surface area contributed by atoms with Crippen LogP contribution >= 0.6 is 0 Å². The number of anilines is 1. The number of rotatable bonds is 4. The molecule has 0 atom stereocenters. The summed E-state index contributed by atoms with van der Waals surface area (Å²) in [6.07, 6.45) is 11.9. The minimum atomic E-state index is 0.929. The van der Waals surface area contributed by atoms with Gasteiger partial charge in [0.25, 0.3) is 0 Å². The quantitative estimate of drug-likeness (QED) is 0.845. The summed E-state index contributed by atoms with van der Waals surface area (Å²) in [5.74, 6) is 1.87. The first-order valence-electron chi connectivity index (χ1n) is 6.38. The Morgan fingerprint density at radius 2 is 1.94 bits per heavy atom. The van der Waals surface area contributed by atoms with Gasteiger partial charge in [0.1, 0.15) is 5.82 Å². The average Bonchev–Trinajstić information content (AvgIpc) is 2.33. The third kappa shape index (κ3) is 3.19. The first-order valence-corrected chi connectivity index (χ1v) is 6.38. The van der Waals surface area contributed by atoms with Crippen molar-refractivity contribution in [3.63, 3.8) is 0 Å². The van der Waals surface area contributed by atoms with Crippen molar-refractivity contribution in [3.05, 3.63) is 18.1 Å². The molecule has 0 spiro atoms. The van der Waals surface area contributed by atoms with Gasteiger partial charge in [0.15, 0.2) is 0 Å². The molecule has 0 saturated heterocycles. The van der Waals surface area contributed by atoms with Crippen LogP contribution in [0.5, 0.6) is 0 Å². The average molecular weight is 219 g/mol. The molecular formula is C13H21N3. The third-order valence-corrected chi connectivity index (χ3v) is 3.45. The highest BCUT2D eigenvalue weighted by atomic mass is 15.0. The van der Waals surface area contributed by atoms with Crippen LogP contribution in [-0.4, -0.2) is 16.5 Å². The number of nitrogens with zero attached hydrogens (tertiary/aromatic N) is 2. The lowest BCUT2D eigenvalue weighted by atomic mass is 9.87. The Morgan fingerprint density at radius 3 is 2.69 bits per heavy atom. The zero-order chi connectivity index (χ0) is 11.2. The molecule has 0 unspecified atom stereocenters. The summed E-state index contributed by atoms with van der Waals surface area (Å²) < 4.78 is 0. The van der Waals surface area contributed by atoms with E-state index in [9.17, 15) is 0 Å². The van der Waals surface area contributed by atoms with E-state index in [-0.39, 0.29) is 0 Å². The van der Waals surface area contributed by atoms with Gasteiger partial charge in [-0.25, -0.2) is 4.98 Å². The van der Waals surface area contributed by atoms with Crippen LogP contribution in [0, 0.1) is 12.8 Å². The van der Waals surface area contributed by atoms with Gasteiger partial charge in [-0.15, -0.1) is 0 Å². The topological polar surface area (TPSA) is 37.8 Å². The van der Waals surface area contributed by atoms with Crippen molar-refractivity contribution < 1.29 is 0 Å². The van der Waals surface area contributed by atoms with Gasteiger partial charge in [-0.1, -0.05) is 32.1 Å². The fourth-order valence-corrected chi connectivity index (χ4v) is 2.45. The van der Waals surface area contributed by atoms with Crippen molar-refractivity contribution in [2.45, 2.75) is 45.4 Å². The summed E-state index contributed by atoms with van der Waals surface area (Å²) in [6.45, 7) is 3.03. The Hall–Kier alpha value is -1.12. The van der Waals surface area contributed by atoms with Gasteiger partial charge < -0.3 is 5.32 Å². The molecule has 0 aromatic carbocycles. The summed E-state index contributed by atoms with van der Waals surface area (Å²) in [4.78, 5) is 8.51. The molecule has 0 radical (unpaired) electrons. The van der Waals surface area contributed by atoms with E-state index in [1.54, 1.807) is 12.4 Å². The molecule has 1 N–H and O–H groups in total. The van der Waals surface area contributed by atoms with Crippen molar-refractivity contribution in [2.24, 2.45) is 5.92 Å². The maximum atomic E-state index is 4.29. The summed E-state index contributed by atoms with van der Waals surface area (Å²) in [5.41, 5.74) is 0.992. The lowest BCUT2D eigenvalue weighted by Gasteiger charge is -2.21. The SMILES string of the molecule is Cc1nccnc1NCCC1CCCCC1. The van der Waals surface area contributed by atoms with Crippen LogP contribution in [0.25, 0.3) is 0 Å². The molecule has 1 saturated carbocycles. The van der Waals surface area contributed by atoms with E-state index in [2.05, 4.69) is 15.3 Å². The second kappa shape index (κ2) is 5.83. The van der Waals surface area contributed by atoms with Crippen LogP contribution in [-0.2, 0) is 0 Å². The molecule has 1 aromatic heterocycles. The normalized spacial score (nSPS) is 17.3. The second-order valence-electron chi connectivity index (χ2n) is 4.71. The predicted octanol–water partition coefficient (Wildman–Crippen LogP) is 3.17. The first kappa shape index (κ1) is 11.4. The highest BCUT2D eigenvalue weighted by molar-refractivity contribution is 5.37. The highest BCUT2D eigenvalue weighted by Gasteiger charge is 2.12. The molecule has 0 aliphatic heterocycles. The zero-order valence-corrected chi connectivity index (χ0v) is 10.1. The molecule has 1 aromatic rings. The van der Waals surface area contributed by atoms with Crippen molar-refractivity contribution in [1.82, 2.24) is 9.97 Å². The molecule has 1 aliphatic carbocycles. The smallest absolute Gasteiger partial charge is 0.147 e. The Kier molecular flexibility index (Phi) is 4.14. The molecule has 1 aliphatic rings. The van der Waals surface area contributed by atoms with Gasteiger partial charge in [-0.05, 0) is 19.3 Å². The second-order valence-corrected chi connectivity index (χ2v) is 4.71. The Balaban J connectivity index is 1.73. The fourth-order valence-electron chi connectivity index (χ4n) is 2.45. The molecule has 88 valence electrons. The van der Waals surface area contributed by atoms with E-state index < -0.39 is 0 Å². The van der Waals surface area contributed by atoms with Crippen LogP contribution in [0.4, 0.5) is 5.82 Å². The van der Waals surface area contributed by atoms with E-state index in [1.807, 2.05) is 6.92 Å². The van der Waals surface area contributed by atoms with Crippen LogP contribution in [0.15, 0.2) is 12.4 Å². The number of hydrogen-bond donors (Lipinski definition) is 1. The largest absolute Gasteiger partial charge is 0.369 e. The van der Waals surface area contributed by atoms with Crippen LogP contribution in [0.2, 0.25) is 0 Å². The molecule has 3 heteroatoms. The number of hydrogen-bond acceptors (Lipinski definition) is 3. The van der Waals surface area contributed by atoms with Crippen molar-refractivity contribution in [3.8, 4) is 0 Å². The summed E-state index contributed by atoms with van der Waals surface area (Å²) in [7, 11) is 0. The van der Waals surface area contributed by atoms with Crippen LogP contribution < -0.4 is 5.32 Å². The Morgan fingerprint density at radius 1 is 1.19 bits per heavy atom. The van der Waals surface area contributed by atoms with E-state index >= 15 is 0 Å². The minimum Gasteiger partial charge on any atom is -0.369 e. The summed E-state index contributed by atoms with van der Waals surface area (Å²) in [5, 5.41) is 3.39. The molecule has 0 amide bonds. The molecule has 16 heavy (non-hydrogen) atoms. The maximum Gasteiger partial charge on any atom is 0.147 e. The van der Waals surface area contributed by atoms with E-state index in [1.165, 1.54) is 38.5 Å². The maximum absolute atomic E-state index is 4.29. The number of nitrogens with one attached hydrogen (secondary N) is 1. The first-order chi connectivity index (χ1) is 7.86. The summed E-state index contributed by atoms with van der Waals surface area (Å²) >= 11 is 0. The Bertz CT molecular complexity index is 319. The van der Waals surface area contributed by atoms with Gasteiger partial charge in [0.05, 0.1) is 5.69 Å². The molecule has 3 nitrogen and oxygen atoms in total. The molecule has 1 heterocycles. The fraction of sp³-hybridized carbons (Fsp3) is 0.692.